The summed E-state index contributed by atoms with van der Waals surface area (Å²) >= 11 is 0. The van der Waals surface area contributed by atoms with Crippen LogP contribution in [0.3, 0.4) is 0 Å². The molecule has 0 fully saturated rings. The SMILES string of the molecule is CC1(C)N([O])C(c2ccc(C(=O)Oc3cc(C4=[N+]([O-])C(C)(C)C(C)(C)N4[O])ccc3C3=[N+]([O-])C(C)(C)C(C)(C)N3[O])cc2)=[N+]([O-])C1(C)C. The Morgan fingerprint density at radius 2 is 0.917 bits per heavy atom. The van der Waals surface area contributed by atoms with Gasteiger partial charge >= 0.3 is 23.5 Å². The summed E-state index contributed by atoms with van der Waals surface area (Å²) in [5.41, 5.74) is -6.27. The fourth-order valence-electron chi connectivity index (χ4n) is 5.86. The molecule has 0 aromatic heterocycles. The lowest BCUT2D eigenvalue weighted by Gasteiger charge is -2.32. The summed E-state index contributed by atoms with van der Waals surface area (Å²) in [6.07, 6.45) is 0. The largest absolute Gasteiger partial charge is 0.714 e. The number of hydrogen-bond acceptors (Lipinski definition) is 8. The van der Waals surface area contributed by atoms with Gasteiger partial charge in [0.25, 0.3) is 0 Å². The lowest BCUT2D eigenvalue weighted by Crippen LogP contribution is -2.53. The summed E-state index contributed by atoms with van der Waals surface area (Å²) < 4.78 is 7.67. The summed E-state index contributed by atoms with van der Waals surface area (Å²) in [6, 6.07) is 9.78. The molecule has 0 bridgehead atoms. The maximum absolute atomic E-state index is 13.6. The van der Waals surface area contributed by atoms with Gasteiger partial charge in [-0.25, -0.2) is 4.79 Å². The minimum atomic E-state index is -1.18. The van der Waals surface area contributed by atoms with Gasteiger partial charge in [-0.3, -0.25) is 14.2 Å². The predicted octanol–water partition coefficient (Wildman–Crippen LogP) is 4.33. The normalized spacial score (nSPS) is 23.4. The zero-order chi connectivity index (χ0) is 36.3. The molecule has 0 amide bonds. The first-order valence-corrected chi connectivity index (χ1v) is 15.7. The standard InChI is InChI=1S/C34H43N6O8/c1-29(2)30(3,4)36(43)25(35(29)42)20-13-15-21(16-14-20)28(41)48-24-19-22(26-37(44)31(5,6)32(7,8)38(26)45)17-18-23(24)27-39(46)33(9,10)34(11,12)40(27)47/h13-19H,1-12H3. The van der Waals surface area contributed by atoms with Crippen molar-refractivity contribution in [2.45, 2.75) is 116 Å². The summed E-state index contributed by atoms with van der Waals surface area (Å²) in [7, 11) is 0. The van der Waals surface area contributed by atoms with E-state index in [9.17, 15) is 36.0 Å². The smallest absolute Gasteiger partial charge is 0.343 e. The molecule has 0 atom stereocenters. The zero-order valence-electron chi connectivity index (χ0n) is 29.5. The Morgan fingerprint density at radius 1 is 0.562 bits per heavy atom. The van der Waals surface area contributed by atoms with Crippen molar-refractivity contribution in [2.24, 2.45) is 0 Å². The summed E-state index contributed by atoms with van der Waals surface area (Å²) in [5.74, 6) is -1.75. The second-order valence-corrected chi connectivity index (χ2v) is 15.8. The molecule has 3 aliphatic rings. The van der Waals surface area contributed by atoms with Gasteiger partial charge in [0, 0.05) is 15.6 Å². The molecule has 14 nitrogen and oxygen atoms in total. The van der Waals surface area contributed by atoms with E-state index in [0.717, 1.165) is 0 Å². The van der Waals surface area contributed by atoms with Crippen LogP contribution in [0.4, 0.5) is 0 Å². The number of hydroxylamine groups is 9. The maximum Gasteiger partial charge on any atom is 0.343 e. The van der Waals surface area contributed by atoms with Gasteiger partial charge in [-0.05, 0) is 126 Å². The molecule has 3 radical (unpaired) electrons. The van der Waals surface area contributed by atoms with E-state index >= 15 is 0 Å². The van der Waals surface area contributed by atoms with Gasteiger partial charge in [-0.1, -0.05) is 15.2 Å². The Hall–Kier alpha value is -4.40. The van der Waals surface area contributed by atoms with Gasteiger partial charge in [0.2, 0.25) is 0 Å². The second kappa shape index (κ2) is 10.3. The molecule has 0 spiro atoms. The third-order valence-corrected chi connectivity index (χ3v) is 11.8. The van der Waals surface area contributed by atoms with Crippen molar-refractivity contribution in [1.82, 2.24) is 15.2 Å². The van der Waals surface area contributed by atoms with E-state index in [1.54, 1.807) is 83.1 Å². The van der Waals surface area contributed by atoms with Gasteiger partial charge < -0.3 is 20.4 Å². The molecule has 2 aromatic rings. The highest BCUT2D eigenvalue weighted by Gasteiger charge is 2.62. The Bertz CT molecular complexity index is 1800. The van der Waals surface area contributed by atoms with E-state index in [-0.39, 0.29) is 39.9 Å². The van der Waals surface area contributed by atoms with E-state index in [4.69, 9.17) is 4.74 Å². The third-order valence-electron chi connectivity index (χ3n) is 11.8. The van der Waals surface area contributed by atoms with Gasteiger partial charge in [0.15, 0.2) is 16.6 Å². The van der Waals surface area contributed by atoms with E-state index in [1.165, 1.54) is 42.5 Å². The minimum Gasteiger partial charge on any atom is -0.714 e. The molecule has 0 saturated carbocycles. The van der Waals surface area contributed by atoms with Crippen LogP contribution in [-0.2, 0) is 15.6 Å². The molecular formula is C34H43N6O8. The van der Waals surface area contributed by atoms with Crippen LogP contribution >= 0.6 is 0 Å². The Balaban J connectivity index is 1.59. The molecule has 5 rings (SSSR count). The zero-order valence-corrected chi connectivity index (χ0v) is 29.5. The molecule has 3 heterocycles. The van der Waals surface area contributed by atoms with Crippen LogP contribution in [-0.4, -0.2) is 86.1 Å². The first-order chi connectivity index (χ1) is 21.8. The molecule has 48 heavy (non-hydrogen) atoms. The number of amidine groups is 3. The molecule has 0 unspecified atom stereocenters. The van der Waals surface area contributed by atoms with Gasteiger partial charge in [-0.2, -0.15) is 0 Å². The average molecular weight is 664 g/mol. The summed E-state index contributed by atoms with van der Waals surface area (Å²) in [5, 5.41) is 82.2. The number of ether oxygens (including phenoxy) is 1. The predicted molar refractivity (Wildman–Crippen MR) is 173 cm³/mol. The summed E-state index contributed by atoms with van der Waals surface area (Å²) in [4.78, 5) is 13.6. The van der Waals surface area contributed by atoms with Crippen LogP contribution in [0.5, 0.6) is 5.75 Å². The molecule has 3 aliphatic heterocycles. The highest BCUT2D eigenvalue weighted by Crippen LogP contribution is 2.42. The molecule has 0 saturated heterocycles. The first-order valence-electron chi connectivity index (χ1n) is 15.7. The maximum atomic E-state index is 13.6. The third kappa shape index (κ3) is 4.35. The molecule has 0 N–H and O–H groups in total. The van der Waals surface area contributed by atoms with Crippen LogP contribution in [0.25, 0.3) is 0 Å². The monoisotopic (exact) mass is 663 g/mol. The van der Waals surface area contributed by atoms with Crippen LogP contribution in [0.1, 0.15) is 110 Å². The van der Waals surface area contributed by atoms with Crippen LogP contribution in [0, 0.1) is 15.6 Å². The number of nitrogens with zero attached hydrogens (tertiary/aromatic N) is 6. The lowest BCUT2D eigenvalue weighted by atomic mass is 9.84. The second-order valence-electron chi connectivity index (χ2n) is 15.8. The molecular weight excluding hydrogens is 620 g/mol. The van der Waals surface area contributed by atoms with Crippen molar-refractivity contribution in [1.29, 1.82) is 0 Å². The van der Waals surface area contributed by atoms with Gasteiger partial charge in [0.1, 0.15) is 27.9 Å². The van der Waals surface area contributed by atoms with Gasteiger partial charge in [-0.15, -0.1) is 0 Å². The number of benzene rings is 2. The van der Waals surface area contributed by atoms with Crippen molar-refractivity contribution < 1.29 is 39.4 Å². The van der Waals surface area contributed by atoms with Gasteiger partial charge in [0.05, 0.1) is 16.7 Å². The topological polar surface area (TPSA) is 174 Å². The molecule has 257 valence electrons. The van der Waals surface area contributed by atoms with Crippen molar-refractivity contribution in [3.8, 4) is 5.75 Å². The fourth-order valence-corrected chi connectivity index (χ4v) is 5.86. The van der Waals surface area contributed by atoms with E-state index in [2.05, 4.69) is 0 Å². The highest BCUT2D eigenvalue weighted by atomic mass is 16.6. The Kier molecular flexibility index (Phi) is 7.49. The lowest BCUT2D eigenvalue weighted by molar-refractivity contribution is -0.540. The van der Waals surface area contributed by atoms with Crippen molar-refractivity contribution >= 4 is 23.5 Å². The van der Waals surface area contributed by atoms with E-state index in [1.807, 2.05) is 0 Å². The summed E-state index contributed by atoms with van der Waals surface area (Å²) in [6.45, 7) is 19.8. The van der Waals surface area contributed by atoms with Crippen molar-refractivity contribution in [3.63, 3.8) is 0 Å². The average Bonchev–Trinajstić information content (AvgIpc) is 3.27. The quantitative estimate of drug-likeness (QED) is 0.197. The number of esters is 1. The molecule has 14 heteroatoms. The van der Waals surface area contributed by atoms with Crippen LogP contribution in [0.15, 0.2) is 42.5 Å². The Morgan fingerprint density at radius 3 is 1.29 bits per heavy atom. The van der Waals surface area contributed by atoms with Crippen molar-refractivity contribution in [2.75, 3.05) is 0 Å². The molecule has 2 aromatic carbocycles. The number of hydrogen-bond donors (Lipinski definition) is 0. The number of rotatable bonds is 5. The van der Waals surface area contributed by atoms with Crippen LogP contribution < -0.4 is 4.74 Å². The minimum absolute atomic E-state index is 0.0191. The van der Waals surface area contributed by atoms with Crippen LogP contribution in [0.2, 0.25) is 0 Å². The highest BCUT2D eigenvalue weighted by molar-refractivity contribution is 6.03. The van der Waals surface area contributed by atoms with E-state index in [0.29, 0.717) is 35.0 Å². The first kappa shape index (κ1) is 34.9. The van der Waals surface area contributed by atoms with Crippen molar-refractivity contribution in [3.05, 3.63) is 80.3 Å². The van der Waals surface area contributed by atoms with E-state index < -0.39 is 39.2 Å². The number of carbonyl (C=O) groups excluding carboxylic acids is 1. The number of carbonyl (C=O) groups is 1. The Labute approximate surface area is 280 Å². The molecule has 0 aliphatic carbocycles. The fraction of sp³-hybridized carbons (Fsp3) is 0.529.